The lowest BCUT2D eigenvalue weighted by molar-refractivity contribution is 0.201. The zero-order valence-electron chi connectivity index (χ0n) is 12.6. The van der Waals surface area contributed by atoms with E-state index in [1.165, 1.54) is 24.8 Å². The van der Waals surface area contributed by atoms with Crippen LogP contribution in [-0.4, -0.2) is 18.3 Å². The van der Waals surface area contributed by atoms with Crippen molar-refractivity contribution in [3.8, 4) is 17.6 Å². The van der Waals surface area contributed by atoms with Gasteiger partial charge in [-0.25, -0.2) is 0 Å². The second-order valence-corrected chi connectivity index (χ2v) is 5.60. The highest BCUT2D eigenvalue weighted by molar-refractivity contribution is 5.45. The molecule has 0 bridgehead atoms. The van der Waals surface area contributed by atoms with E-state index in [9.17, 15) is 0 Å². The van der Waals surface area contributed by atoms with E-state index >= 15 is 0 Å². The summed E-state index contributed by atoms with van der Waals surface area (Å²) in [5.74, 6) is 7.89. The van der Waals surface area contributed by atoms with E-state index in [-0.39, 0.29) is 6.61 Å². The molecule has 22 heavy (non-hydrogen) atoms. The topological polar surface area (TPSA) is 29.5 Å². The summed E-state index contributed by atoms with van der Waals surface area (Å²) in [7, 11) is 0. The van der Waals surface area contributed by atoms with Gasteiger partial charge in [-0.05, 0) is 60.7 Å². The number of hydrogen-bond donors (Lipinski definition) is 1. The summed E-state index contributed by atoms with van der Waals surface area (Å²) in [6, 6.07) is 16.3. The van der Waals surface area contributed by atoms with Gasteiger partial charge in [-0.3, -0.25) is 0 Å². The first-order valence-electron chi connectivity index (χ1n) is 7.81. The molecule has 1 aliphatic carbocycles. The van der Waals surface area contributed by atoms with Gasteiger partial charge in [0.15, 0.2) is 0 Å². The predicted octanol–water partition coefficient (Wildman–Crippen LogP) is 3.73. The molecule has 2 aromatic rings. The zero-order chi connectivity index (χ0) is 15.2. The van der Waals surface area contributed by atoms with Crippen LogP contribution >= 0.6 is 0 Å². The molecule has 3 rings (SSSR count). The molecule has 0 saturated heterocycles. The van der Waals surface area contributed by atoms with E-state index in [2.05, 4.69) is 36.1 Å². The highest BCUT2D eigenvalue weighted by atomic mass is 16.5. The van der Waals surface area contributed by atoms with Crippen LogP contribution in [0.5, 0.6) is 5.75 Å². The standard InChI is InChI=1S/C20H20O2/c21-14-15-22-20-12-8-17(9-13-20)5-4-16-6-10-19(11-7-16)18-2-1-3-18/h6-13,18,21H,1-3,14-15H2. The Kier molecular flexibility index (Phi) is 4.78. The Labute approximate surface area is 131 Å². The smallest absolute Gasteiger partial charge is 0.119 e. The first kappa shape index (κ1) is 14.7. The number of rotatable bonds is 4. The SMILES string of the molecule is OCCOc1ccc(C#Cc2ccc(C3CCC3)cc2)cc1. The van der Waals surface area contributed by atoms with Gasteiger partial charge in [0.25, 0.3) is 0 Å². The summed E-state index contributed by atoms with van der Waals surface area (Å²) in [5, 5.41) is 8.72. The van der Waals surface area contributed by atoms with Crippen LogP contribution in [0.2, 0.25) is 0 Å². The van der Waals surface area contributed by atoms with Crippen LogP contribution in [0.1, 0.15) is 41.9 Å². The second kappa shape index (κ2) is 7.15. The second-order valence-electron chi connectivity index (χ2n) is 5.60. The third-order valence-corrected chi connectivity index (χ3v) is 4.05. The minimum absolute atomic E-state index is 0.0262. The Hall–Kier alpha value is -2.24. The van der Waals surface area contributed by atoms with E-state index in [1.807, 2.05) is 24.3 Å². The Morgan fingerprint density at radius 1 is 0.909 bits per heavy atom. The van der Waals surface area contributed by atoms with Crippen molar-refractivity contribution in [1.82, 2.24) is 0 Å². The molecular formula is C20H20O2. The van der Waals surface area contributed by atoms with Gasteiger partial charge < -0.3 is 9.84 Å². The lowest BCUT2D eigenvalue weighted by Crippen LogP contribution is -2.08. The monoisotopic (exact) mass is 292 g/mol. The number of aliphatic hydroxyl groups excluding tert-OH is 1. The van der Waals surface area contributed by atoms with E-state index in [1.54, 1.807) is 0 Å². The summed E-state index contributed by atoms with van der Waals surface area (Å²) in [6.07, 6.45) is 4.02. The first-order chi connectivity index (χ1) is 10.8. The van der Waals surface area contributed by atoms with Gasteiger partial charge in [0, 0.05) is 11.1 Å². The average molecular weight is 292 g/mol. The number of hydrogen-bond acceptors (Lipinski definition) is 2. The Morgan fingerprint density at radius 2 is 1.50 bits per heavy atom. The number of aliphatic hydroxyl groups is 1. The van der Waals surface area contributed by atoms with Gasteiger partial charge in [0.1, 0.15) is 12.4 Å². The van der Waals surface area contributed by atoms with E-state index < -0.39 is 0 Å². The molecule has 0 heterocycles. The van der Waals surface area contributed by atoms with Crippen molar-refractivity contribution in [3.05, 3.63) is 65.2 Å². The molecule has 1 N–H and O–H groups in total. The Morgan fingerprint density at radius 3 is 2.00 bits per heavy atom. The van der Waals surface area contributed by atoms with Crippen LogP contribution in [-0.2, 0) is 0 Å². The summed E-state index contributed by atoms with van der Waals surface area (Å²) >= 11 is 0. The molecule has 2 aromatic carbocycles. The lowest BCUT2D eigenvalue weighted by Gasteiger charge is -2.25. The van der Waals surface area contributed by atoms with Gasteiger partial charge in [0.05, 0.1) is 6.61 Å². The van der Waals surface area contributed by atoms with Crippen molar-refractivity contribution in [3.63, 3.8) is 0 Å². The maximum atomic E-state index is 8.72. The molecule has 1 aliphatic rings. The minimum Gasteiger partial charge on any atom is -0.491 e. The quantitative estimate of drug-likeness (QED) is 0.870. The van der Waals surface area contributed by atoms with Crippen molar-refractivity contribution in [2.24, 2.45) is 0 Å². The molecule has 0 spiro atoms. The molecule has 0 radical (unpaired) electrons. The molecule has 1 fully saturated rings. The van der Waals surface area contributed by atoms with Crippen molar-refractivity contribution < 1.29 is 9.84 Å². The maximum Gasteiger partial charge on any atom is 0.119 e. The molecular weight excluding hydrogens is 272 g/mol. The first-order valence-corrected chi connectivity index (χ1v) is 7.81. The summed E-state index contributed by atoms with van der Waals surface area (Å²) < 4.78 is 5.33. The minimum atomic E-state index is 0.0262. The van der Waals surface area contributed by atoms with Crippen molar-refractivity contribution in [1.29, 1.82) is 0 Å². The van der Waals surface area contributed by atoms with E-state index in [4.69, 9.17) is 9.84 Å². The fraction of sp³-hybridized carbons (Fsp3) is 0.300. The van der Waals surface area contributed by atoms with Crippen molar-refractivity contribution in [2.75, 3.05) is 13.2 Å². The molecule has 0 atom stereocenters. The number of benzene rings is 2. The van der Waals surface area contributed by atoms with Crippen LogP contribution in [0.15, 0.2) is 48.5 Å². The van der Waals surface area contributed by atoms with Crippen molar-refractivity contribution >= 4 is 0 Å². The highest BCUT2D eigenvalue weighted by Gasteiger charge is 2.18. The van der Waals surface area contributed by atoms with Gasteiger partial charge in [-0.1, -0.05) is 30.4 Å². The molecule has 2 nitrogen and oxygen atoms in total. The summed E-state index contributed by atoms with van der Waals surface area (Å²) in [4.78, 5) is 0. The molecule has 0 aromatic heterocycles. The van der Waals surface area contributed by atoms with Crippen molar-refractivity contribution in [2.45, 2.75) is 25.2 Å². The third kappa shape index (κ3) is 3.69. The van der Waals surface area contributed by atoms with Crippen LogP contribution < -0.4 is 4.74 Å². The molecule has 1 saturated carbocycles. The van der Waals surface area contributed by atoms with E-state index in [0.717, 1.165) is 22.8 Å². The maximum absolute atomic E-state index is 8.72. The normalized spacial score (nSPS) is 13.9. The fourth-order valence-electron chi connectivity index (χ4n) is 2.52. The Bertz CT molecular complexity index is 656. The van der Waals surface area contributed by atoms with E-state index in [0.29, 0.717) is 6.61 Å². The van der Waals surface area contributed by atoms with Gasteiger partial charge in [-0.2, -0.15) is 0 Å². The van der Waals surface area contributed by atoms with Gasteiger partial charge in [0.2, 0.25) is 0 Å². The third-order valence-electron chi connectivity index (χ3n) is 4.05. The summed E-state index contributed by atoms with van der Waals surface area (Å²) in [6.45, 7) is 0.344. The highest BCUT2D eigenvalue weighted by Crippen LogP contribution is 2.36. The molecule has 0 unspecified atom stereocenters. The molecule has 112 valence electrons. The van der Waals surface area contributed by atoms with Crippen LogP contribution in [0, 0.1) is 11.8 Å². The zero-order valence-corrected chi connectivity index (χ0v) is 12.6. The van der Waals surface area contributed by atoms with Crippen LogP contribution in [0.4, 0.5) is 0 Å². The lowest BCUT2D eigenvalue weighted by atomic mass is 9.80. The van der Waals surface area contributed by atoms with Gasteiger partial charge in [-0.15, -0.1) is 0 Å². The molecule has 0 aliphatic heterocycles. The fourth-order valence-corrected chi connectivity index (χ4v) is 2.52. The van der Waals surface area contributed by atoms with Crippen LogP contribution in [0.3, 0.4) is 0 Å². The average Bonchev–Trinajstić information content (AvgIpc) is 2.52. The van der Waals surface area contributed by atoms with Gasteiger partial charge >= 0.3 is 0 Å². The summed E-state index contributed by atoms with van der Waals surface area (Å²) in [5.41, 5.74) is 3.45. The molecule has 0 amide bonds. The molecule has 2 heteroatoms. The Balaban J connectivity index is 1.64. The van der Waals surface area contributed by atoms with Crippen LogP contribution in [0.25, 0.3) is 0 Å². The largest absolute Gasteiger partial charge is 0.491 e. The number of ether oxygens (including phenoxy) is 1. The predicted molar refractivity (Wildman–Crippen MR) is 88.0 cm³/mol.